The van der Waals surface area contributed by atoms with Gasteiger partial charge in [0, 0.05) is 16.3 Å². The second-order valence-corrected chi connectivity index (χ2v) is 5.09. The molecule has 0 aromatic heterocycles. The molecule has 84 valence electrons. The summed E-state index contributed by atoms with van der Waals surface area (Å²) in [6.45, 7) is 5.99. The van der Waals surface area contributed by atoms with Crippen molar-refractivity contribution in [3.63, 3.8) is 0 Å². The highest BCUT2D eigenvalue weighted by atomic mass is 35.5. The maximum Gasteiger partial charge on any atom is 0.148 e. The van der Waals surface area contributed by atoms with Crippen molar-refractivity contribution in [2.75, 3.05) is 5.32 Å². The van der Waals surface area contributed by atoms with Crippen LogP contribution in [0.2, 0.25) is 5.02 Å². The third kappa shape index (κ3) is 1.74. The van der Waals surface area contributed by atoms with E-state index < -0.39 is 0 Å². The van der Waals surface area contributed by atoms with E-state index in [1.54, 1.807) is 0 Å². The van der Waals surface area contributed by atoms with E-state index >= 15 is 0 Å². The number of aryl methyl sites for hydroxylation is 1. The molecule has 2 rings (SSSR count). The van der Waals surface area contributed by atoms with Crippen molar-refractivity contribution in [3.8, 4) is 0 Å². The van der Waals surface area contributed by atoms with Crippen LogP contribution in [0, 0.1) is 6.92 Å². The zero-order chi connectivity index (χ0) is 11.9. The first-order valence-corrected chi connectivity index (χ1v) is 5.57. The topological polar surface area (TPSA) is 29.1 Å². The number of anilines is 1. The van der Waals surface area contributed by atoms with Gasteiger partial charge in [0.2, 0.25) is 0 Å². The molecule has 1 N–H and O–H groups in total. The molecular formula is C13H14ClNO. The largest absolute Gasteiger partial charge is 0.375 e. The van der Waals surface area contributed by atoms with Gasteiger partial charge < -0.3 is 5.32 Å². The first-order chi connectivity index (χ1) is 7.44. The second-order valence-electron chi connectivity index (χ2n) is 4.65. The maximum atomic E-state index is 11.0. The molecule has 1 aromatic rings. The Morgan fingerprint density at radius 2 is 2.06 bits per heavy atom. The van der Waals surface area contributed by atoms with Crippen LogP contribution in [-0.2, 0) is 4.79 Å². The summed E-state index contributed by atoms with van der Waals surface area (Å²) >= 11 is 6.00. The van der Waals surface area contributed by atoms with Gasteiger partial charge in [0.15, 0.2) is 0 Å². The van der Waals surface area contributed by atoms with Crippen molar-refractivity contribution < 1.29 is 4.79 Å². The first kappa shape index (κ1) is 11.2. The lowest BCUT2D eigenvalue weighted by Crippen LogP contribution is -2.36. The highest BCUT2D eigenvalue weighted by Crippen LogP contribution is 2.36. The lowest BCUT2D eigenvalue weighted by atomic mass is 9.87. The smallest absolute Gasteiger partial charge is 0.148 e. The van der Waals surface area contributed by atoms with E-state index in [-0.39, 0.29) is 5.54 Å². The predicted octanol–water partition coefficient (Wildman–Crippen LogP) is 3.43. The number of rotatable bonds is 1. The summed E-state index contributed by atoms with van der Waals surface area (Å²) in [5.41, 5.74) is 3.54. The summed E-state index contributed by atoms with van der Waals surface area (Å²) in [6, 6.07) is 3.79. The Labute approximate surface area is 100 Å². The van der Waals surface area contributed by atoms with Crippen molar-refractivity contribution in [2.24, 2.45) is 0 Å². The molecule has 1 heterocycles. The summed E-state index contributed by atoms with van der Waals surface area (Å²) in [7, 11) is 0. The van der Waals surface area contributed by atoms with E-state index in [9.17, 15) is 4.79 Å². The van der Waals surface area contributed by atoms with E-state index in [4.69, 9.17) is 11.6 Å². The van der Waals surface area contributed by atoms with Crippen LogP contribution in [0.15, 0.2) is 17.7 Å². The number of hydrogen-bond acceptors (Lipinski definition) is 2. The molecule has 0 unspecified atom stereocenters. The average Bonchev–Trinajstić information content (AvgIpc) is 2.18. The molecule has 1 aromatic carbocycles. The Balaban J connectivity index is 2.65. The molecule has 2 nitrogen and oxygen atoms in total. The zero-order valence-electron chi connectivity index (χ0n) is 9.60. The second kappa shape index (κ2) is 3.63. The fraction of sp³-hybridized carbons (Fsp3) is 0.308. The summed E-state index contributed by atoms with van der Waals surface area (Å²) in [5, 5.41) is 4.07. The molecule has 3 heteroatoms. The van der Waals surface area contributed by atoms with Crippen molar-refractivity contribution in [3.05, 3.63) is 33.9 Å². The highest BCUT2D eigenvalue weighted by molar-refractivity contribution is 6.31. The van der Waals surface area contributed by atoms with Crippen LogP contribution in [-0.4, -0.2) is 11.8 Å². The SMILES string of the molecule is Cc1cc(Cl)cc2c1NC(C)(C)C(C=O)=C2. The number of carbonyl (C=O) groups is 1. The van der Waals surface area contributed by atoms with E-state index in [1.165, 1.54) is 0 Å². The van der Waals surface area contributed by atoms with Crippen molar-refractivity contribution in [1.29, 1.82) is 0 Å². The van der Waals surface area contributed by atoms with Crippen molar-refractivity contribution in [2.45, 2.75) is 26.3 Å². The van der Waals surface area contributed by atoms with Gasteiger partial charge in [0.1, 0.15) is 6.29 Å². The summed E-state index contributed by atoms with van der Waals surface area (Å²) in [6.07, 6.45) is 2.80. The van der Waals surface area contributed by atoms with E-state index in [2.05, 4.69) is 5.32 Å². The molecule has 0 atom stereocenters. The van der Waals surface area contributed by atoms with Crippen LogP contribution in [0.4, 0.5) is 5.69 Å². The van der Waals surface area contributed by atoms with Gasteiger partial charge in [-0.3, -0.25) is 4.79 Å². The molecule has 1 aliphatic heterocycles. The highest BCUT2D eigenvalue weighted by Gasteiger charge is 2.28. The van der Waals surface area contributed by atoms with Gasteiger partial charge in [0.05, 0.1) is 5.54 Å². The van der Waals surface area contributed by atoms with Crippen LogP contribution >= 0.6 is 11.6 Å². The lowest BCUT2D eigenvalue weighted by Gasteiger charge is -2.33. The Morgan fingerprint density at radius 3 is 2.69 bits per heavy atom. The molecule has 0 saturated heterocycles. The normalized spacial score (nSPS) is 17.1. The molecule has 0 spiro atoms. The summed E-state index contributed by atoms with van der Waals surface area (Å²) < 4.78 is 0. The summed E-state index contributed by atoms with van der Waals surface area (Å²) in [4.78, 5) is 11.0. The van der Waals surface area contributed by atoms with Crippen LogP contribution in [0.3, 0.4) is 0 Å². The lowest BCUT2D eigenvalue weighted by molar-refractivity contribution is -0.105. The number of aldehydes is 1. The molecule has 1 aliphatic rings. The molecule has 0 radical (unpaired) electrons. The zero-order valence-corrected chi connectivity index (χ0v) is 10.4. The standard InChI is InChI=1S/C13H14ClNO/c1-8-4-11(14)6-9-5-10(7-16)13(2,3)15-12(8)9/h4-7,15H,1-3H3. The number of fused-ring (bicyclic) bond motifs is 1. The van der Waals surface area contributed by atoms with Gasteiger partial charge >= 0.3 is 0 Å². The third-order valence-corrected chi connectivity index (χ3v) is 3.15. The molecule has 0 bridgehead atoms. The average molecular weight is 236 g/mol. The Morgan fingerprint density at radius 1 is 1.38 bits per heavy atom. The Hall–Kier alpha value is -1.28. The Kier molecular flexibility index (Phi) is 2.55. The number of halogens is 1. The molecule has 0 amide bonds. The van der Waals surface area contributed by atoms with Crippen LogP contribution < -0.4 is 5.32 Å². The minimum atomic E-state index is -0.326. The van der Waals surface area contributed by atoms with Crippen LogP contribution in [0.1, 0.15) is 25.0 Å². The maximum absolute atomic E-state index is 11.0. The van der Waals surface area contributed by atoms with E-state index in [0.717, 1.165) is 28.7 Å². The monoisotopic (exact) mass is 235 g/mol. The minimum Gasteiger partial charge on any atom is -0.375 e. The quantitative estimate of drug-likeness (QED) is 0.756. The fourth-order valence-corrected chi connectivity index (χ4v) is 2.25. The molecule has 0 aliphatic carbocycles. The van der Waals surface area contributed by atoms with Gasteiger partial charge in [-0.1, -0.05) is 11.6 Å². The van der Waals surface area contributed by atoms with Crippen LogP contribution in [0.25, 0.3) is 6.08 Å². The van der Waals surface area contributed by atoms with Gasteiger partial charge in [0.25, 0.3) is 0 Å². The van der Waals surface area contributed by atoms with Crippen LogP contribution in [0.5, 0.6) is 0 Å². The summed E-state index contributed by atoms with van der Waals surface area (Å²) in [5.74, 6) is 0. The number of carbonyl (C=O) groups excluding carboxylic acids is 1. The van der Waals surface area contributed by atoms with Gasteiger partial charge in [-0.25, -0.2) is 0 Å². The van der Waals surface area contributed by atoms with Gasteiger partial charge in [-0.15, -0.1) is 0 Å². The van der Waals surface area contributed by atoms with E-state index in [1.807, 2.05) is 39.0 Å². The molecular weight excluding hydrogens is 222 g/mol. The van der Waals surface area contributed by atoms with E-state index in [0.29, 0.717) is 5.02 Å². The molecule has 16 heavy (non-hydrogen) atoms. The minimum absolute atomic E-state index is 0.326. The van der Waals surface area contributed by atoms with Gasteiger partial charge in [-0.05, 0) is 50.1 Å². The number of nitrogens with one attached hydrogen (secondary N) is 1. The molecule has 0 fully saturated rings. The fourth-order valence-electron chi connectivity index (χ4n) is 1.97. The van der Waals surface area contributed by atoms with Crippen molar-refractivity contribution in [1.82, 2.24) is 0 Å². The Bertz CT molecular complexity index is 489. The predicted molar refractivity (Wildman–Crippen MR) is 67.9 cm³/mol. The number of hydrogen-bond donors (Lipinski definition) is 1. The van der Waals surface area contributed by atoms with Gasteiger partial charge in [-0.2, -0.15) is 0 Å². The third-order valence-electron chi connectivity index (χ3n) is 2.93. The van der Waals surface area contributed by atoms with Crippen molar-refractivity contribution >= 4 is 29.7 Å². The molecule has 0 saturated carbocycles. The number of benzene rings is 1. The first-order valence-electron chi connectivity index (χ1n) is 5.20.